The topological polar surface area (TPSA) is 76.3 Å². The monoisotopic (exact) mass is 293 g/mol. The Balaban J connectivity index is 1.98. The summed E-state index contributed by atoms with van der Waals surface area (Å²) in [6.45, 7) is 13.0. The van der Waals surface area contributed by atoms with Crippen LogP contribution in [0.25, 0.3) is 0 Å². The minimum Gasteiger partial charge on any atom is -0.384 e. The van der Waals surface area contributed by atoms with Crippen molar-refractivity contribution >= 4 is 11.6 Å². The maximum atomic E-state index is 5.88. The molecule has 1 aliphatic heterocycles. The minimum absolute atomic E-state index is 0.119. The number of nitrogen functional groups attached to an aromatic ring is 1. The van der Waals surface area contributed by atoms with Gasteiger partial charge in [-0.1, -0.05) is 27.7 Å². The van der Waals surface area contributed by atoms with Crippen molar-refractivity contribution in [2.24, 2.45) is 0 Å². The predicted octanol–water partition coefficient (Wildman–Crippen LogP) is 1.49. The number of nitrogens with one attached hydrogen (secondary N) is 1. The average Bonchev–Trinajstić information content (AvgIpc) is 2.44. The van der Waals surface area contributed by atoms with Crippen LogP contribution in [0.4, 0.5) is 11.6 Å². The number of anilines is 2. The molecule has 3 N–H and O–H groups in total. The van der Waals surface area contributed by atoms with Crippen molar-refractivity contribution in [2.45, 2.75) is 39.2 Å². The van der Waals surface area contributed by atoms with Gasteiger partial charge in [-0.15, -0.1) is 0 Å². The van der Waals surface area contributed by atoms with Gasteiger partial charge in [0.2, 0.25) is 0 Å². The van der Waals surface area contributed by atoms with E-state index in [9.17, 15) is 0 Å². The Hall–Kier alpha value is -1.40. The normalized spacial score (nSPS) is 20.5. The molecule has 0 radical (unpaired) electrons. The van der Waals surface area contributed by atoms with E-state index < -0.39 is 0 Å². The summed E-state index contributed by atoms with van der Waals surface area (Å²) >= 11 is 0. The van der Waals surface area contributed by atoms with E-state index in [1.165, 1.54) is 0 Å². The second kappa shape index (κ2) is 6.58. The lowest BCUT2D eigenvalue weighted by Crippen LogP contribution is -2.45. The first-order chi connectivity index (χ1) is 9.88. The second-order valence-corrected chi connectivity index (χ2v) is 6.52. The summed E-state index contributed by atoms with van der Waals surface area (Å²) in [4.78, 5) is 11.3. The molecule has 2 heterocycles. The third kappa shape index (κ3) is 4.54. The van der Waals surface area contributed by atoms with E-state index in [0.717, 1.165) is 44.4 Å². The molecule has 0 amide bonds. The Morgan fingerprint density at radius 1 is 1.43 bits per heavy atom. The van der Waals surface area contributed by atoms with Crippen molar-refractivity contribution in [3.8, 4) is 0 Å². The first-order valence-electron chi connectivity index (χ1n) is 7.61. The zero-order valence-corrected chi connectivity index (χ0v) is 13.5. The lowest BCUT2D eigenvalue weighted by Gasteiger charge is -2.32. The summed E-state index contributed by atoms with van der Waals surface area (Å²) in [5.74, 6) is 2.02. The maximum Gasteiger partial charge on any atom is 0.138 e. The van der Waals surface area contributed by atoms with Crippen LogP contribution in [-0.4, -0.2) is 53.8 Å². The van der Waals surface area contributed by atoms with Crippen LogP contribution in [0.2, 0.25) is 0 Å². The number of rotatable bonds is 4. The standard InChI is InChI=1S/C15H27N5O/c1-5-20-6-7-21-11(10-20)9-17-13-8-12(16)18-14(19-13)15(2,3)4/h8,11H,5-7,9-10H2,1-4H3,(H3,16,17,18,19). The van der Waals surface area contributed by atoms with Gasteiger partial charge >= 0.3 is 0 Å². The molecule has 0 aliphatic carbocycles. The Morgan fingerprint density at radius 3 is 2.86 bits per heavy atom. The zero-order valence-electron chi connectivity index (χ0n) is 13.5. The van der Waals surface area contributed by atoms with Gasteiger partial charge in [0.1, 0.15) is 17.5 Å². The molecule has 1 saturated heterocycles. The smallest absolute Gasteiger partial charge is 0.138 e. The number of aromatic nitrogens is 2. The molecule has 1 aromatic rings. The van der Waals surface area contributed by atoms with Crippen LogP contribution in [0.3, 0.4) is 0 Å². The molecule has 0 aromatic carbocycles. The van der Waals surface area contributed by atoms with Crippen molar-refractivity contribution in [3.05, 3.63) is 11.9 Å². The third-order valence-corrected chi connectivity index (χ3v) is 3.60. The molecule has 21 heavy (non-hydrogen) atoms. The first kappa shape index (κ1) is 16.0. The number of ether oxygens (including phenoxy) is 1. The molecule has 1 atom stereocenters. The summed E-state index contributed by atoms with van der Waals surface area (Å²) in [6, 6.07) is 1.77. The highest BCUT2D eigenvalue weighted by atomic mass is 16.5. The number of morpholine rings is 1. The van der Waals surface area contributed by atoms with Crippen LogP contribution in [-0.2, 0) is 10.2 Å². The molecule has 6 nitrogen and oxygen atoms in total. The Labute approximate surface area is 127 Å². The van der Waals surface area contributed by atoms with Crippen molar-refractivity contribution < 1.29 is 4.74 Å². The van der Waals surface area contributed by atoms with E-state index in [4.69, 9.17) is 10.5 Å². The largest absolute Gasteiger partial charge is 0.384 e. The fourth-order valence-corrected chi connectivity index (χ4v) is 2.30. The van der Waals surface area contributed by atoms with Crippen LogP contribution in [0, 0.1) is 0 Å². The van der Waals surface area contributed by atoms with E-state index in [0.29, 0.717) is 5.82 Å². The third-order valence-electron chi connectivity index (χ3n) is 3.60. The van der Waals surface area contributed by atoms with E-state index in [2.05, 4.69) is 47.9 Å². The molecule has 0 bridgehead atoms. The summed E-state index contributed by atoms with van der Waals surface area (Å²) < 4.78 is 5.78. The Bertz CT molecular complexity index is 472. The summed E-state index contributed by atoms with van der Waals surface area (Å²) in [5.41, 5.74) is 5.76. The van der Waals surface area contributed by atoms with Gasteiger partial charge in [-0.2, -0.15) is 0 Å². The quantitative estimate of drug-likeness (QED) is 0.876. The second-order valence-electron chi connectivity index (χ2n) is 6.52. The summed E-state index contributed by atoms with van der Waals surface area (Å²) in [6.07, 6.45) is 0.188. The highest BCUT2D eigenvalue weighted by Gasteiger charge is 2.21. The fourth-order valence-electron chi connectivity index (χ4n) is 2.30. The van der Waals surface area contributed by atoms with Crippen LogP contribution in [0.15, 0.2) is 6.07 Å². The summed E-state index contributed by atoms with van der Waals surface area (Å²) in [5, 5.41) is 3.33. The van der Waals surface area contributed by atoms with E-state index in [1.54, 1.807) is 6.07 Å². The van der Waals surface area contributed by atoms with Crippen molar-refractivity contribution in [3.63, 3.8) is 0 Å². The number of likely N-dealkylation sites (N-methyl/N-ethyl adjacent to an activating group) is 1. The molecule has 118 valence electrons. The summed E-state index contributed by atoms with van der Waals surface area (Å²) in [7, 11) is 0. The van der Waals surface area contributed by atoms with Crippen LogP contribution in [0.1, 0.15) is 33.5 Å². The van der Waals surface area contributed by atoms with Crippen molar-refractivity contribution in [1.29, 1.82) is 0 Å². The maximum absolute atomic E-state index is 5.88. The van der Waals surface area contributed by atoms with Crippen molar-refractivity contribution in [1.82, 2.24) is 14.9 Å². The van der Waals surface area contributed by atoms with Gasteiger partial charge < -0.3 is 15.8 Å². The van der Waals surface area contributed by atoms with Crippen molar-refractivity contribution in [2.75, 3.05) is 43.8 Å². The van der Waals surface area contributed by atoms with Gasteiger partial charge in [-0.05, 0) is 6.54 Å². The molecule has 0 spiro atoms. The lowest BCUT2D eigenvalue weighted by molar-refractivity contribution is -0.0192. The molecule has 0 saturated carbocycles. The minimum atomic E-state index is -0.119. The predicted molar refractivity (Wildman–Crippen MR) is 85.5 cm³/mol. The van der Waals surface area contributed by atoms with Gasteiger partial charge in [0.05, 0.1) is 12.7 Å². The average molecular weight is 293 g/mol. The molecule has 6 heteroatoms. The lowest BCUT2D eigenvalue weighted by atomic mass is 9.96. The van der Waals surface area contributed by atoms with Crippen LogP contribution in [0.5, 0.6) is 0 Å². The molecule has 1 unspecified atom stereocenters. The SMILES string of the molecule is CCN1CCOC(CNc2cc(N)nc(C(C)(C)C)n2)C1. The Kier molecular flexibility index (Phi) is 5.00. The molecule has 2 rings (SSSR count). The molecular formula is C15H27N5O. The van der Waals surface area contributed by atoms with Gasteiger partial charge in [-0.3, -0.25) is 4.90 Å². The van der Waals surface area contributed by atoms with Crippen LogP contribution < -0.4 is 11.1 Å². The number of nitrogens with zero attached hydrogens (tertiary/aromatic N) is 3. The molecule has 1 fully saturated rings. The first-order valence-corrected chi connectivity index (χ1v) is 7.61. The van der Waals surface area contributed by atoms with E-state index in [-0.39, 0.29) is 11.5 Å². The van der Waals surface area contributed by atoms with Gasteiger partial charge in [0, 0.05) is 31.1 Å². The highest BCUT2D eigenvalue weighted by molar-refractivity contribution is 5.45. The fraction of sp³-hybridized carbons (Fsp3) is 0.733. The van der Waals surface area contributed by atoms with E-state index in [1.807, 2.05) is 0 Å². The zero-order chi connectivity index (χ0) is 15.5. The number of nitrogens with two attached hydrogens (primary N) is 1. The number of hydrogen-bond acceptors (Lipinski definition) is 6. The molecule has 1 aromatic heterocycles. The van der Waals surface area contributed by atoms with Gasteiger partial charge in [-0.25, -0.2) is 9.97 Å². The van der Waals surface area contributed by atoms with Gasteiger partial charge in [0.25, 0.3) is 0 Å². The highest BCUT2D eigenvalue weighted by Crippen LogP contribution is 2.21. The number of hydrogen-bond donors (Lipinski definition) is 2. The van der Waals surface area contributed by atoms with Gasteiger partial charge in [0.15, 0.2) is 0 Å². The molecule has 1 aliphatic rings. The Morgan fingerprint density at radius 2 is 2.19 bits per heavy atom. The molecular weight excluding hydrogens is 266 g/mol. The van der Waals surface area contributed by atoms with Crippen LogP contribution >= 0.6 is 0 Å². The van der Waals surface area contributed by atoms with E-state index >= 15 is 0 Å².